The SMILES string of the molecule is CNC(=O)C1(Cc2cc(-c3ccc(F)cc3)no2)CCN(C(=O)c2cc(C3CC3)on2)C1. The van der Waals surface area contributed by atoms with Crippen LogP contribution in [-0.4, -0.2) is 47.2 Å². The first kappa shape index (κ1) is 20.4. The molecule has 32 heavy (non-hydrogen) atoms. The van der Waals surface area contributed by atoms with Gasteiger partial charge in [0.15, 0.2) is 5.69 Å². The Hall–Kier alpha value is -3.49. The summed E-state index contributed by atoms with van der Waals surface area (Å²) in [4.78, 5) is 27.5. The first-order valence-corrected chi connectivity index (χ1v) is 10.7. The normalized spacial score (nSPS) is 20.5. The number of carbonyl (C=O) groups is 2. The lowest BCUT2D eigenvalue weighted by Gasteiger charge is -2.26. The Morgan fingerprint density at radius 1 is 1.19 bits per heavy atom. The van der Waals surface area contributed by atoms with Crippen molar-refractivity contribution in [1.29, 1.82) is 0 Å². The van der Waals surface area contributed by atoms with Crippen LogP contribution in [0.15, 0.2) is 45.4 Å². The number of nitrogens with zero attached hydrogens (tertiary/aromatic N) is 3. The Kier molecular flexibility index (Phi) is 5.03. The van der Waals surface area contributed by atoms with Gasteiger partial charge in [0, 0.05) is 50.2 Å². The second kappa shape index (κ2) is 7.89. The lowest BCUT2D eigenvalue weighted by atomic mass is 9.81. The summed E-state index contributed by atoms with van der Waals surface area (Å²) in [5.41, 5.74) is 0.717. The van der Waals surface area contributed by atoms with Crippen LogP contribution in [0.5, 0.6) is 0 Å². The van der Waals surface area contributed by atoms with E-state index in [1.165, 1.54) is 12.1 Å². The highest BCUT2D eigenvalue weighted by molar-refractivity contribution is 5.93. The molecule has 1 saturated heterocycles. The predicted molar refractivity (Wildman–Crippen MR) is 111 cm³/mol. The lowest BCUT2D eigenvalue weighted by Crippen LogP contribution is -2.44. The maximum atomic E-state index is 13.2. The molecule has 2 fully saturated rings. The molecule has 1 unspecified atom stereocenters. The molecule has 1 aliphatic heterocycles. The predicted octanol–water partition coefficient (Wildman–Crippen LogP) is 3.17. The molecule has 1 aromatic carbocycles. The van der Waals surface area contributed by atoms with Gasteiger partial charge in [-0.15, -0.1) is 0 Å². The number of hydrogen-bond donors (Lipinski definition) is 1. The molecule has 9 heteroatoms. The molecule has 5 rings (SSSR count). The van der Waals surface area contributed by atoms with Crippen LogP contribution >= 0.6 is 0 Å². The first-order chi connectivity index (χ1) is 15.5. The van der Waals surface area contributed by atoms with Crippen molar-refractivity contribution in [3.63, 3.8) is 0 Å². The van der Waals surface area contributed by atoms with Gasteiger partial charge in [-0.25, -0.2) is 4.39 Å². The molecule has 1 N–H and O–H groups in total. The molecule has 1 atom stereocenters. The maximum Gasteiger partial charge on any atom is 0.276 e. The van der Waals surface area contributed by atoms with Crippen molar-refractivity contribution in [1.82, 2.24) is 20.5 Å². The van der Waals surface area contributed by atoms with Crippen molar-refractivity contribution in [2.75, 3.05) is 20.1 Å². The van der Waals surface area contributed by atoms with Gasteiger partial charge in [0.1, 0.15) is 23.0 Å². The van der Waals surface area contributed by atoms with E-state index >= 15 is 0 Å². The standard InChI is InChI=1S/C23H23FN4O4/c1-25-22(30)23(12-17-10-18(26-31-17)14-4-6-16(24)7-5-14)8-9-28(13-23)21(29)19-11-20(32-27-19)15-2-3-15/h4-7,10-11,15H,2-3,8-9,12-13H2,1H3,(H,25,30). The average Bonchev–Trinajstić information content (AvgIpc) is 3.19. The fraction of sp³-hybridized carbons (Fsp3) is 0.391. The minimum Gasteiger partial charge on any atom is -0.361 e. The minimum absolute atomic E-state index is 0.161. The fourth-order valence-electron chi connectivity index (χ4n) is 4.32. The topological polar surface area (TPSA) is 101 Å². The molecule has 8 nitrogen and oxygen atoms in total. The van der Waals surface area contributed by atoms with E-state index in [4.69, 9.17) is 9.05 Å². The van der Waals surface area contributed by atoms with Crippen molar-refractivity contribution in [2.45, 2.75) is 31.6 Å². The third-order valence-electron chi connectivity index (χ3n) is 6.29. The summed E-state index contributed by atoms with van der Waals surface area (Å²) in [6.07, 6.45) is 2.89. The van der Waals surface area contributed by atoms with E-state index in [1.807, 2.05) is 0 Å². The Bertz CT molecular complexity index is 1150. The monoisotopic (exact) mass is 438 g/mol. The van der Waals surface area contributed by atoms with Crippen molar-refractivity contribution < 1.29 is 23.0 Å². The quantitative estimate of drug-likeness (QED) is 0.634. The summed E-state index contributed by atoms with van der Waals surface area (Å²) in [5, 5.41) is 10.7. The van der Waals surface area contributed by atoms with E-state index < -0.39 is 5.41 Å². The zero-order chi connectivity index (χ0) is 22.3. The fourth-order valence-corrected chi connectivity index (χ4v) is 4.32. The number of aromatic nitrogens is 2. The molecule has 1 saturated carbocycles. The van der Waals surface area contributed by atoms with Crippen LogP contribution in [0, 0.1) is 11.2 Å². The number of benzene rings is 1. The lowest BCUT2D eigenvalue weighted by molar-refractivity contribution is -0.130. The van der Waals surface area contributed by atoms with Crippen LogP contribution in [0.3, 0.4) is 0 Å². The summed E-state index contributed by atoms with van der Waals surface area (Å²) in [6.45, 7) is 0.667. The van der Waals surface area contributed by atoms with E-state index in [0.29, 0.717) is 30.3 Å². The van der Waals surface area contributed by atoms with E-state index in [0.717, 1.165) is 24.2 Å². The van der Waals surface area contributed by atoms with Crippen LogP contribution < -0.4 is 5.32 Å². The van der Waals surface area contributed by atoms with E-state index in [1.54, 1.807) is 36.2 Å². The molecule has 2 aromatic heterocycles. The second-order valence-corrected chi connectivity index (χ2v) is 8.59. The van der Waals surface area contributed by atoms with E-state index in [9.17, 15) is 14.0 Å². The number of carbonyl (C=O) groups excluding carboxylic acids is 2. The number of hydrogen-bond acceptors (Lipinski definition) is 6. The third-order valence-corrected chi connectivity index (χ3v) is 6.29. The number of nitrogens with one attached hydrogen (secondary N) is 1. The molecule has 0 spiro atoms. The van der Waals surface area contributed by atoms with Gasteiger partial charge in [-0.3, -0.25) is 9.59 Å². The summed E-state index contributed by atoms with van der Waals surface area (Å²) < 4.78 is 24.0. The summed E-state index contributed by atoms with van der Waals surface area (Å²) >= 11 is 0. The maximum absolute atomic E-state index is 13.2. The van der Waals surface area contributed by atoms with Crippen molar-refractivity contribution in [3.8, 4) is 11.3 Å². The van der Waals surface area contributed by atoms with Gasteiger partial charge in [0.05, 0.1) is 5.41 Å². The van der Waals surface area contributed by atoms with Crippen molar-refractivity contribution in [3.05, 3.63) is 59.4 Å². The Balaban J connectivity index is 1.33. The summed E-state index contributed by atoms with van der Waals surface area (Å²) in [5.74, 6) is 0.916. The molecular weight excluding hydrogens is 415 g/mol. The van der Waals surface area contributed by atoms with Crippen LogP contribution in [0.4, 0.5) is 4.39 Å². The van der Waals surface area contributed by atoms with E-state index in [-0.39, 0.29) is 36.3 Å². The van der Waals surface area contributed by atoms with Gasteiger partial charge in [-0.1, -0.05) is 10.3 Å². The van der Waals surface area contributed by atoms with Gasteiger partial charge in [0.25, 0.3) is 5.91 Å². The van der Waals surface area contributed by atoms with E-state index in [2.05, 4.69) is 15.6 Å². The van der Waals surface area contributed by atoms with Gasteiger partial charge >= 0.3 is 0 Å². The van der Waals surface area contributed by atoms with Gasteiger partial charge < -0.3 is 19.3 Å². The van der Waals surface area contributed by atoms with Gasteiger partial charge in [-0.05, 0) is 43.5 Å². The second-order valence-electron chi connectivity index (χ2n) is 8.59. The van der Waals surface area contributed by atoms with Crippen LogP contribution in [0.2, 0.25) is 0 Å². The van der Waals surface area contributed by atoms with Crippen molar-refractivity contribution >= 4 is 11.8 Å². The Labute approximate surface area is 183 Å². The summed E-state index contributed by atoms with van der Waals surface area (Å²) in [7, 11) is 1.58. The molecule has 166 valence electrons. The average molecular weight is 438 g/mol. The molecule has 1 aliphatic carbocycles. The molecule has 3 aromatic rings. The minimum atomic E-state index is -0.840. The van der Waals surface area contributed by atoms with Gasteiger partial charge in [-0.2, -0.15) is 0 Å². The molecule has 0 radical (unpaired) electrons. The largest absolute Gasteiger partial charge is 0.361 e. The van der Waals surface area contributed by atoms with Crippen molar-refractivity contribution in [2.24, 2.45) is 5.41 Å². The molecular formula is C23H23FN4O4. The zero-order valence-electron chi connectivity index (χ0n) is 17.6. The highest BCUT2D eigenvalue weighted by Gasteiger charge is 2.47. The summed E-state index contributed by atoms with van der Waals surface area (Å²) in [6, 6.07) is 9.42. The van der Waals surface area contributed by atoms with Gasteiger partial charge in [0.2, 0.25) is 5.91 Å². The third kappa shape index (κ3) is 3.79. The number of amides is 2. The number of halogens is 1. The first-order valence-electron chi connectivity index (χ1n) is 10.7. The highest BCUT2D eigenvalue weighted by atomic mass is 19.1. The molecule has 0 bridgehead atoms. The number of rotatable bonds is 6. The zero-order valence-corrected chi connectivity index (χ0v) is 17.6. The highest BCUT2D eigenvalue weighted by Crippen LogP contribution is 2.41. The van der Waals surface area contributed by atoms with Crippen LogP contribution in [-0.2, 0) is 11.2 Å². The van der Waals surface area contributed by atoms with Crippen LogP contribution in [0.1, 0.15) is 47.2 Å². The number of likely N-dealkylation sites (tertiary alicyclic amines) is 1. The smallest absolute Gasteiger partial charge is 0.276 e. The Morgan fingerprint density at radius 2 is 1.97 bits per heavy atom. The molecule has 2 aliphatic rings. The van der Waals surface area contributed by atoms with Crippen LogP contribution in [0.25, 0.3) is 11.3 Å². The molecule has 3 heterocycles. The Morgan fingerprint density at radius 3 is 2.69 bits per heavy atom. The molecule has 2 amide bonds.